The van der Waals surface area contributed by atoms with E-state index in [1.807, 2.05) is 12.3 Å². The van der Waals surface area contributed by atoms with Gasteiger partial charge in [-0.05, 0) is 50.7 Å². The van der Waals surface area contributed by atoms with Crippen molar-refractivity contribution >= 4 is 5.91 Å². The van der Waals surface area contributed by atoms with Gasteiger partial charge in [0.15, 0.2) is 0 Å². The van der Waals surface area contributed by atoms with Crippen molar-refractivity contribution in [1.82, 2.24) is 10.3 Å². The molecule has 1 saturated heterocycles. The number of pyridine rings is 1. The second-order valence-corrected chi connectivity index (χ2v) is 7.40. The van der Waals surface area contributed by atoms with Gasteiger partial charge in [-0.15, -0.1) is 0 Å². The summed E-state index contributed by atoms with van der Waals surface area (Å²) in [5, 5.41) is 3.65. The summed E-state index contributed by atoms with van der Waals surface area (Å²) < 4.78 is 5.41. The zero-order chi connectivity index (χ0) is 17.0. The Kier molecular flexibility index (Phi) is 5.51. The first-order valence-corrected chi connectivity index (χ1v) is 9.13. The minimum Gasteiger partial charge on any atom is -0.381 e. The van der Waals surface area contributed by atoms with Gasteiger partial charge in [0.25, 0.3) is 0 Å². The van der Waals surface area contributed by atoms with Crippen LogP contribution >= 0.6 is 0 Å². The SMILES string of the molecule is Cc1cccnc1C1CCCC(NCC2(C(N)=O)CCOCC2)C1. The van der Waals surface area contributed by atoms with Gasteiger partial charge in [-0.2, -0.15) is 0 Å². The first-order valence-electron chi connectivity index (χ1n) is 9.13. The lowest BCUT2D eigenvalue weighted by Gasteiger charge is -2.37. The fraction of sp³-hybridized carbons (Fsp3) is 0.684. The second-order valence-electron chi connectivity index (χ2n) is 7.40. The van der Waals surface area contributed by atoms with E-state index in [1.54, 1.807) is 0 Å². The van der Waals surface area contributed by atoms with E-state index in [2.05, 4.69) is 23.3 Å². The van der Waals surface area contributed by atoms with E-state index in [4.69, 9.17) is 10.5 Å². The fourth-order valence-electron chi connectivity index (χ4n) is 4.16. The second kappa shape index (κ2) is 7.62. The minimum absolute atomic E-state index is 0.189. The fourth-order valence-corrected chi connectivity index (χ4v) is 4.16. The zero-order valence-electron chi connectivity index (χ0n) is 14.6. The molecule has 0 aromatic carbocycles. The molecule has 132 valence electrons. The molecule has 2 heterocycles. The highest BCUT2D eigenvalue weighted by atomic mass is 16.5. The first kappa shape index (κ1) is 17.4. The Morgan fingerprint density at radius 1 is 1.42 bits per heavy atom. The summed E-state index contributed by atoms with van der Waals surface area (Å²) in [7, 11) is 0. The number of carbonyl (C=O) groups is 1. The summed E-state index contributed by atoms with van der Waals surface area (Å²) in [4.78, 5) is 16.6. The van der Waals surface area contributed by atoms with Crippen molar-refractivity contribution in [3.8, 4) is 0 Å². The molecule has 3 N–H and O–H groups in total. The van der Waals surface area contributed by atoms with Crippen LogP contribution in [0.1, 0.15) is 55.7 Å². The average Bonchev–Trinajstić information content (AvgIpc) is 2.61. The Bertz CT molecular complexity index is 569. The summed E-state index contributed by atoms with van der Waals surface area (Å²) >= 11 is 0. The van der Waals surface area contributed by atoms with Crippen molar-refractivity contribution in [1.29, 1.82) is 0 Å². The van der Waals surface area contributed by atoms with Crippen molar-refractivity contribution in [2.45, 2.75) is 57.4 Å². The van der Waals surface area contributed by atoms with Gasteiger partial charge in [0.1, 0.15) is 0 Å². The third-order valence-corrected chi connectivity index (χ3v) is 5.81. The van der Waals surface area contributed by atoms with Crippen molar-refractivity contribution in [3.63, 3.8) is 0 Å². The molecule has 1 saturated carbocycles. The predicted molar refractivity (Wildman–Crippen MR) is 93.7 cm³/mol. The van der Waals surface area contributed by atoms with Gasteiger partial charge in [0.05, 0.1) is 5.41 Å². The van der Waals surface area contributed by atoms with Gasteiger partial charge in [0, 0.05) is 43.6 Å². The highest BCUT2D eigenvalue weighted by molar-refractivity contribution is 5.81. The maximum Gasteiger partial charge on any atom is 0.225 e. The largest absolute Gasteiger partial charge is 0.381 e. The Morgan fingerprint density at radius 2 is 2.21 bits per heavy atom. The van der Waals surface area contributed by atoms with Crippen LogP contribution in [-0.4, -0.2) is 36.7 Å². The molecule has 1 aliphatic carbocycles. The Hall–Kier alpha value is -1.46. The highest BCUT2D eigenvalue weighted by Gasteiger charge is 2.39. The summed E-state index contributed by atoms with van der Waals surface area (Å²) in [5.41, 5.74) is 7.79. The molecule has 3 rings (SSSR count). The number of nitrogens with two attached hydrogens (primary N) is 1. The Balaban J connectivity index is 1.61. The number of aryl methyl sites for hydroxylation is 1. The number of primary amides is 1. The molecule has 0 radical (unpaired) electrons. The zero-order valence-corrected chi connectivity index (χ0v) is 14.6. The van der Waals surface area contributed by atoms with E-state index in [9.17, 15) is 4.79 Å². The third kappa shape index (κ3) is 3.78. The molecule has 1 aliphatic heterocycles. The number of nitrogens with zero attached hydrogens (tertiary/aromatic N) is 1. The summed E-state index contributed by atoms with van der Waals surface area (Å²) in [5.74, 6) is 0.322. The Labute approximate surface area is 144 Å². The number of hydrogen-bond acceptors (Lipinski definition) is 4. The summed E-state index contributed by atoms with van der Waals surface area (Å²) in [6, 6.07) is 4.58. The van der Waals surface area contributed by atoms with Crippen LogP contribution in [0.4, 0.5) is 0 Å². The normalized spacial score (nSPS) is 26.9. The van der Waals surface area contributed by atoms with Crippen LogP contribution in [0.15, 0.2) is 18.3 Å². The molecular formula is C19H29N3O2. The number of aromatic nitrogens is 1. The third-order valence-electron chi connectivity index (χ3n) is 5.81. The van der Waals surface area contributed by atoms with Crippen LogP contribution in [0.3, 0.4) is 0 Å². The minimum atomic E-state index is -0.438. The number of ether oxygens (including phenoxy) is 1. The van der Waals surface area contributed by atoms with Gasteiger partial charge in [0.2, 0.25) is 5.91 Å². The standard InChI is InChI=1S/C19H29N3O2/c1-14-4-3-9-21-17(14)15-5-2-6-16(12-15)22-13-19(18(20)23)7-10-24-11-8-19/h3-4,9,15-16,22H,2,5-8,10-13H2,1H3,(H2,20,23). The molecule has 1 aromatic rings. The molecule has 1 aromatic heterocycles. The smallest absolute Gasteiger partial charge is 0.225 e. The monoisotopic (exact) mass is 331 g/mol. The maximum atomic E-state index is 12.0. The number of hydrogen-bond donors (Lipinski definition) is 2. The molecule has 0 bridgehead atoms. The topological polar surface area (TPSA) is 77.2 Å². The maximum absolute atomic E-state index is 12.0. The lowest BCUT2D eigenvalue weighted by atomic mass is 9.78. The molecule has 2 aliphatic rings. The number of rotatable bonds is 5. The quantitative estimate of drug-likeness (QED) is 0.868. The average molecular weight is 331 g/mol. The van der Waals surface area contributed by atoms with Gasteiger partial charge >= 0.3 is 0 Å². The van der Waals surface area contributed by atoms with Crippen molar-refractivity contribution < 1.29 is 9.53 Å². The van der Waals surface area contributed by atoms with Crippen molar-refractivity contribution in [3.05, 3.63) is 29.6 Å². The molecule has 24 heavy (non-hydrogen) atoms. The molecule has 5 nitrogen and oxygen atoms in total. The summed E-state index contributed by atoms with van der Waals surface area (Å²) in [6.45, 7) is 4.07. The number of amides is 1. The van der Waals surface area contributed by atoms with Gasteiger partial charge in [-0.1, -0.05) is 12.5 Å². The van der Waals surface area contributed by atoms with E-state index in [0.717, 1.165) is 25.7 Å². The molecule has 1 amide bonds. The van der Waals surface area contributed by atoms with Crippen LogP contribution in [0.25, 0.3) is 0 Å². The Morgan fingerprint density at radius 3 is 2.92 bits per heavy atom. The molecule has 2 atom stereocenters. The molecular weight excluding hydrogens is 302 g/mol. The predicted octanol–water partition coefficient (Wildman–Crippen LogP) is 2.29. The van der Waals surface area contributed by atoms with Gasteiger partial charge < -0.3 is 15.8 Å². The van der Waals surface area contributed by atoms with Crippen LogP contribution in [0, 0.1) is 12.3 Å². The molecule has 5 heteroatoms. The molecule has 2 fully saturated rings. The number of carbonyl (C=O) groups excluding carboxylic acids is 1. The lowest BCUT2D eigenvalue weighted by molar-refractivity contribution is -0.133. The lowest BCUT2D eigenvalue weighted by Crippen LogP contribution is -2.50. The van der Waals surface area contributed by atoms with Crippen LogP contribution in [0.2, 0.25) is 0 Å². The van der Waals surface area contributed by atoms with E-state index in [-0.39, 0.29) is 5.91 Å². The number of nitrogens with one attached hydrogen (secondary N) is 1. The van der Waals surface area contributed by atoms with Gasteiger partial charge in [-0.3, -0.25) is 9.78 Å². The van der Waals surface area contributed by atoms with E-state index < -0.39 is 5.41 Å². The van der Waals surface area contributed by atoms with Crippen molar-refractivity contribution in [2.24, 2.45) is 11.1 Å². The van der Waals surface area contributed by atoms with E-state index >= 15 is 0 Å². The van der Waals surface area contributed by atoms with Crippen LogP contribution in [0.5, 0.6) is 0 Å². The van der Waals surface area contributed by atoms with Gasteiger partial charge in [-0.25, -0.2) is 0 Å². The van der Waals surface area contributed by atoms with Crippen molar-refractivity contribution in [2.75, 3.05) is 19.8 Å². The molecule has 0 spiro atoms. The van der Waals surface area contributed by atoms with Crippen LogP contribution in [-0.2, 0) is 9.53 Å². The van der Waals surface area contributed by atoms with Crippen LogP contribution < -0.4 is 11.1 Å². The molecule has 2 unspecified atom stereocenters. The van der Waals surface area contributed by atoms with E-state index in [1.165, 1.54) is 24.1 Å². The van der Waals surface area contributed by atoms with E-state index in [0.29, 0.717) is 31.7 Å². The highest BCUT2D eigenvalue weighted by Crippen LogP contribution is 2.35. The first-order chi connectivity index (χ1) is 11.6. The summed E-state index contributed by atoms with van der Waals surface area (Å²) in [6.07, 6.45) is 7.99.